The predicted molar refractivity (Wildman–Crippen MR) is 135 cm³/mol. The average molecular weight is 497 g/mol. The topological polar surface area (TPSA) is 93.1 Å². The summed E-state index contributed by atoms with van der Waals surface area (Å²) in [7, 11) is -3.77. The molecule has 0 fully saturated rings. The van der Waals surface area contributed by atoms with E-state index in [1.807, 2.05) is 35.8 Å². The van der Waals surface area contributed by atoms with Crippen LogP contribution >= 0.6 is 11.6 Å². The summed E-state index contributed by atoms with van der Waals surface area (Å²) < 4.78 is 30.0. The number of amides is 1. The van der Waals surface area contributed by atoms with Crippen LogP contribution in [0.25, 0.3) is 10.9 Å². The third-order valence-corrected chi connectivity index (χ3v) is 7.00. The lowest BCUT2D eigenvalue weighted by Crippen LogP contribution is -2.28. The Kier molecular flexibility index (Phi) is 7.19. The van der Waals surface area contributed by atoms with Crippen molar-refractivity contribution in [2.45, 2.75) is 31.2 Å². The maximum absolute atomic E-state index is 13.0. The summed E-state index contributed by atoms with van der Waals surface area (Å²) in [4.78, 5) is 17.3. The summed E-state index contributed by atoms with van der Waals surface area (Å²) in [6.45, 7) is 3.18. The van der Waals surface area contributed by atoms with Crippen molar-refractivity contribution >= 4 is 44.1 Å². The number of nitrogens with one attached hydrogen (secondary N) is 2. The highest BCUT2D eigenvalue weighted by molar-refractivity contribution is 7.92. The molecule has 0 aliphatic rings. The number of rotatable bonds is 9. The second-order valence-electron chi connectivity index (χ2n) is 7.84. The van der Waals surface area contributed by atoms with Crippen LogP contribution in [0.3, 0.4) is 0 Å². The van der Waals surface area contributed by atoms with Crippen molar-refractivity contribution in [3.05, 3.63) is 89.3 Å². The Morgan fingerprint density at radius 3 is 2.56 bits per heavy atom. The molecule has 2 N–H and O–H groups in total. The molecule has 0 saturated heterocycles. The molecule has 0 saturated carbocycles. The van der Waals surface area contributed by atoms with Gasteiger partial charge in [0.1, 0.15) is 5.69 Å². The van der Waals surface area contributed by atoms with E-state index < -0.39 is 10.0 Å². The molecule has 7 nitrogen and oxygen atoms in total. The first-order chi connectivity index (χ1) is 16.4. The molecule has 0 aliphatic heterocycles. The van der Waals surface area contributed by atoms with Gasteiger partial charge in [-0.2, -0.15) is 0 Å². The summed E-state index contributed by atoms with van der Waals surface area (Å²) >= 11 is 5.87. The second kappa shape index (κ2) is 10.3. The van der Waals surface area contributed by atoms with Gasteiger partial charge in [-0.3, -0.25) is 14.5 Å². The maximum atomic E-state index is 13.0. The lowest BCUT2D eigenvalue weighted by molar-refractivity contribution is 0.0945. The highest BCUT2D eigenvalue weighted by atomic mass is 35.5. The van der Waals surface area contributed by atoms with Crippen LogP contribution in [0, 0.1) is 0 Å². The van der Waals surface area contributed by atoms with Crippen LogP contribution in [0.15, 0.2) is 77.8 Å². The summed E-state index contributed by atoms with van der Waals surface area (Å²) in [5.41, 5.74) is 2.73. The lowest BCUT2D eigenvalue weighted by atomic mass is 10.2. The number of fused-ring (bicyclic) bond motifs is 1. The number of anilines is 1. The lowest BCUT2D eigenvalue weighted by Gasteiger charge is -2.11. The molecule has 176 valence electrons. The first kappa shape index (κ1) is 23.8. The Hall–Kier alpha value is -3.36. The van der Waals surface area contributed by atoms with Crippen LogP contribution < -0.4 is 10.0 Å². The molecule has 4 aromatic rings. The standard InChI is InChI=1S/C25H25ClN4O3S/c1-2-15-30-23-11-8-21(29-34(32,33)22-9-6-19(26)7-10-22)16-18(23)17-24(30)25(31)28-14-12-20-5-3-4-13-27-20/h3-11,13,16-17,29H,2,12,14-15H2,1H3,(H,28,31). The van der Waals surface area contributed by atoms with Crippen molar-refractivity contribution in [2.24, 2.45) is 0 Å². The van der Waals surface area contributed by atoms with E-state index >= 15 is 0 Å². The molecule has 0 unspecified atom stereocenters. The number of carbonyl (C=O) groups is 1. The molecule has 0 radical (unpaired) electrons. The van der Waals surface area contributed by atoms with E-state index in [0.29, 0.717) is 35.9 Å². The van der Waals surface area contributed by atoms with Gasteiger partial charge in [-0.25, -0.2) is 8.42 Å². The van der Waals surface area contributed by atoms with E-state index in [0.717, 1.165) is 23.0 Å². The number of carbonyl (C=O) groups excluding carboxylic acids is 1. The third-order valence-electron chi connectivity index (χ3n) is 5.35. The molecule has 2 heterocycles. The van der Waals surface area contributed by atoms with E-state index in [4.69, 9.17) is 11.6 Å². The Morgan fingerprint density at radius 1 is 1.06 bits per heavy atom. The summed E-state index contributed by atoms with van der Waals surface area (Å²) in [6, 6.07) is 18.7. The van der Waals surface area contributed by atoms with Gasteiger partial charge in [-0.05, 0) is 67.1 Å². The van der Waals surface area contributed by atoms with Gasteiger partial charge in [-0.15, -0.1) is 0 Å². The molecule has 0 spiro atoms. The molecule has 0 bridgehead atoms. The molecule has 4 rings (SSSR count). The van der Waals surface area contributed by atoms with E-state index in [2.05, 4.69) is 15.0 Å². The quantitative estimate of drug-likeness (QED) is 0.345. The maximum Gasteiger partial charge on any atom is 0.267 e. The smallest absolute Gasteiger partial charge is 0.267 e. The monoisotopic (exact) mass is 496 g/mol. The first-order valence-electron chi connectivity index (χ1n) is 11.0. The van der Waals surface area contributed by atoms with E-state index in [-0.39, 0.29) is 10.8 Å². The molecular weight excluding hydrogens is 472 g/mol. The zero-order valence-corrected chi connectivity index (χ0v) is 20.2. The van der Waals surface area contributed by atoms with Gasteiger partial charge in [0.2, 0.25) is 0 Å². The normalized spacial score (nSPS) is 11.5. The highest BCUT2D eigenvalue weighted by Crippen LogP contribution is 2.26. The molecule has 34 heavy (non-hydrogen) atoms. The molecule has 1 amide bonds. The summed E-state index contributed by atoms with van der Waals surface area (Å²) in [6.07, 6.45) is 3.22. The van der Waals surface area contributed by atoms with Gasteiger partial charge in [0, 0.05) is 53.0 Å². The SMILES string of the molecule is CCCn1c(C(=O)NCCc2ccccn2)cc2cc(NS(=O)(=O)c3ccc(Cl)cc3)ccc21. The number of aryl methyl sites for hydroxylation is 1. The van der Waals surface area contributed by atoms with Crippen LogP contribution in [0.2, 0.25) is 5.02 Å². The van der Waals surface area contributed by atoms with Gasteiger partial charge in [0.15, 0.2) is 0 Å². The van der Waals surface area contributed by atoms with Crippen molar-refractivity contribution in [2.75, 3.05) is 11.3 Å². The molecule has 0 aliphatic carbocycles. The molecule has 0 atom stereocenters. The third kappa shape index (κ3) is 5.40. The number of aromatic nitrogens is 2. The van der Waals surface area contributed by atoms with Crippen LogP contribution in [-0.2, 0) is 23.0 Å². The van der Waals surface area contributed by atoms with Crippen molar-refractivity contribution in [1.82, 2.24) is 14.9 Å². The van der Waals surface area contributed by atoms with E-state index in [9.17, 15) is 13.2 Å². The zero-order chi connectivity index (χ0) is 24.1. The highest BCUT2D eigenvalue weighted by Gasteiger charge is 2.18. The number of nitrogens with zero attached hydrogens (tertiary/aromatic N) is 2. The van der Waals surface area contributed by atoms with E-state index in [1.165, 1.54) is 24.3 Å². The van der Waals surface area contributed by atoms with Crippen LogP contribution in [0.5, 0.6) is 0 Å². The van der Waals surface area contributed by atoms with Gasteiger partial charge in [0.25, 0.3) is 15.9 Å². The molecule has 9 heteroatoms. The fourth-order valence-electron chi connectivity index (χ4n) is 3.76. The van der Waals surface area contributed by atoms with Crippen LogP contribution in [0.1, 0.15) is 29.5 Å². The van der Waals surface area contributed by atoms with Gasteiger partial charge < -0.3 is 9.88 Å². The van der Waals surface area contributed by atoms with Crippen LogP contribution in [0.4, 0.5) is 5.69 Å². The number of halogens is 1. The Labute approximate surface area is 203 Å². The molecule has 2 aromatic carbocycles. The van der Waals surface area contributed by atoms with Crippen molar-refractivity contribution in [3.8, 4) is 0 Å². The molecule has 2 aromatic heterocycles. The fourth-order valence-corrected chi connectivity index (χ4v) is 4.93. The Bertz CT molecular complexity index is 1400. The molecular formula is C25H25ClN4O3S. The number of hydrogen-bond donors (Lipinski definition) is 2. The summed E-state index contributed by atoms with van der Waals surface area (Å²) in [5.74, 6) is -0.177. The summed E-state index contributed by atoms with van der Waals surface area (Å²) in [5, 5.41) is 4.20. The zero-order valence-electron chi connectivity index (χ0n) is 18.7. The Morgan fingerprint density at radius 2 is 1.85 bits per heavy atom. The number of hydrogen-bond acceptors (Lipinski definition) is 4. The number of sulfonamides is 1. The van der Waals surface area contributed by atoms with Crippen LogP contribution in [-0.4, -0.2) is 30.4 Å². The van der Waals surface area contributed by atoms with Crippen molar-refractivity contribution in [3.63, 3.8) is 0 Å². The minimum atomic E-state index is -3.77. The number of pyridine rings is 1. The fraction of sp³-hybridized carbons (Fsp3) is 0.200. The van der Waals surface area contributed by atoms with Crippen molar-refractivity contribution in [1.29, 1.82) is 0 Å². The van der Waals surface area contributed by atoms with Gasteiger partial charge >= 0.3 is 0 Å². The van der Waals surface area contributed by atoms with Gasteiger partial charge in [-0.1, -0.05) is 24.6 Å². The number of benzene rings is 2. The minimum absolute atomic E-state index is 0.119. The van der Waals surface area contributed by atoms with Crippen molar-refractivity contribution < 1.29 is 13.2 Å². The first-order valence-corrected chi connectivity index (χ1v) is 12.8. The Balaban J connectivity index is 1.55. The average Bonchev–Trinajstić information content (AvgIpc) is 3.18. The van der Waals surface area contributed by atoms with Gasteiger partial charge in [0.05, 0.1) is 4.90 Å². The second-order valence-corrected chi connectivity index (χ2v) is 9.96. The predicted octanol–water partition coefficient (Wildman–Crippen LogP) is 4.87. The van der Waals surface area contributed by atoms with E-state index in [1.54, 1.807) is 24.4 Å². The largest absolute Gasteiger partial charge is 0.350 e. The minimum Gasteiger partial charge on any atom is -0.350 e.